The van der Waals surface area contributed by atoms with Gasteiger partial charge >= 0.3 is 5.97 Å². The highest BCUT2D eigenvalue weighted by Crippen LogP contribution is 2.21. The van der Waals surface area contributed by atoms with Gasteiger partial charge in [-0.3, -0.25) is 0 Å². The zero-order valence-corrected chi connectivity index (χ0v) is 8.00. The summed E-state index contributed by atoms with van der Waals surface area (Å²) in [6.45, 7) is 3.30. The lowest BCUT2D eigenvalue weighted by atomic mass is 10.1. The summed E-state index contributed by atoms with van der Waals surface area (Å²) in [6, 6.07) is 2.24. The number of carbonyl (C=O) groups excluding carboxylic acids is 1. The first-order valence-corrected chi connectivity index (χ1v) is 4.22. The van der Waals surface area contributed by atoms with Gasteiger partial charge in [-0.1, -0.05) is 0 Å². The van der Waals surface area contributed by atoms with Gasteiger partial charge in [0.2, 0.25) is 0 Å². The Hall–Kier alpha value is -1.58. The van der Waals surface area contributed by atoms with Crippen molar-refractivity contribution < 1.29 is 19.0 Å². The monoisotopic (exact) mass is 198 g/mol. The Kier molecular flexibility index (Phi) is 3.06. The molecule has 0 amide bonds. The lowest BCUT2D eigenvalue weighted by Crippen LogP contribution is -2.05. The lowest BCUT2D eigenvalue weighted by molar-refractivity contribution is 0.0525. The predicted octanol–water partition coefficient (Wildman–Crippen LogP) is 2.02. The van der Waals surface area contributed by atoms with Gasteiger partial charge in [-0.15, -0.1) is 0 Å². The molecule has 0 aliphatic carbocycles. The molecule has 3 nitrogen and oxygen atoms in total. The molecule has 1 rings (SSSR count). The predicted molar refractivity (Wildman–Crippen MR) is 48.8 cm³/mol. The number of rotatable bonds is 2. The van der Waals surface area contributed by atoms with Crippen molar-refractivity contribution in [2.45, 2.75) is 13.8 Å². The molecule has 1 N–H and O–H groups in total. The van der Waals surface area contributed by atoms with Gasteiger partial charge in [0.15, 0.2) is 0 Å². The third-order valence-electron chi connectivity index (χ3n) is 1.83. The van der Waals surface area contributed by atoms with Gasteiger partial charge in [-0.25, -0.2) is 9.18 Å². The number of esters is 1. The normalized spacial score (nSPS) is 9.93. The average Bonchev–Trinajstić information content (AvgIpc) is 2.13. The molecule has 0 atom stereocenters. The molecule has 0 radical (unpaired) electrons. The number of phenols is 1. The average molecular weight is 198 g/mol. The minimum Gasteiger partial charge on any atom is -0.508 e. The van der Waals surface area contributed by atoms with Crippen LogP contribution in [0.25, 0.3) is 0 Å². The van der Waals surface area contributed by atoms with E-state index in [0.717, 1.165) is 6.07 Å². The SMILES string of the molecule is CCOC(=O)c1cc(O)c(C)c(F)c1. The molecule has 0 fully saturated rings. The molecule has 4 heteroatoms. The highest BCUT2D eigenvalue weighted by molar-refractivity contribution is 5.90. The number of benzene rings is 1. The van der Waals surface area contributed by atoms with Crippen molar-refractivity contribution >= 4 is 5.97 Å². The van der Waals surface area contributed by atoms with Crippen LogP contribution in [-0.4, -0.2) is 17.7 Å². The number of hydrogen-bond donors (Lipinski definition) is 1. The number of halogens is 1. The number of aromatic hydroxyl groups is 1. The molecule has 14 heavy (non-hydrogen) atoms. The molecule has 0 unspecified atom stereocenters. The first-order chi connectivity index (χ1) is 6.56. The van der Waals surface area contributed by atoms with E-state index in [9.17, 15) is 14.3 Å². The Morgan fingerprint density at radius 2 is 2.21 bits per heavy atom. The molecule has 0 aliphatic rings. The smallest absolute Gasteiger partial charge is 0.338 e. The highest BCUT2D eigenvalue weighted by atomic mass is 19.1. The zero-order valence-electron chi connectivity index (χ0n) is 8.00. The number of ether oxygens (including phenoxy) is 1. The quantitative estimate of drug-likeness (QED) is 0.739. The Balaban J connectivity index is 3.06. The molecule has 0 saturated carbocycles. The van der Waals surface area contributed by atoms with Crippen LogP contribution in [0.15, 0.2) is 12.1 Å². The Labute approximate surface area is 81.1 Å². The second kappa shape index (κ2) is 4.09. The van der Waals surface area contributed by atoms with Gasteiger partial charge in [0, 0.05) is 5.56 Å². The van der Waals surface area contributed by atoms with Crippen LogP contribution in [0.5, 0.6) is 5.75 Å². The molecule has 0 aromatic heterocycles. The fourth-order valence-corrected chi connectivity index (χ4v) is 0.997. The molecule has 0 aliphatic heterocycles. The second-order valence-corrected chi connectivity index (χ2v) is 2.82. The Morgan fingerprint density at radius 3 is 2.71 bits per heavy atom. The van der Waals surface area contributed by atoms with Gasteiger partial charge < -0.3 is 9.84 Å². The molecule has 0 heterocycles. The van der Waals surface area contributed by atoms with Crippen molar-refractivity contribution in [3.05, 3.63) is 29.1 Å². The Bertz CT molecular complexity index is 337. The van der Waals surface area contributed by atoms with E-state index in [2.05, 4.69) is 4.74 Å². The van der Waals surface area contributed by atoms with E-state index in [1.54, 1.807) is 6.92 Å². The van der Waals surface area contributed by atoms with Gasteiger partial charge in [-0.2, -0.15) is 0 Å². The summed E-state index contributed by atoms with van der Waals surface area (Å²) in [4.78, 5) is 11.2. The molecular weight excluding hydrogens is 187 g/mol. The maximum Gasteiger partial charge on any atom is 0.338 e. The van der Waals surface area contributed by atoms with Crippen LogP contribution in [0.4, 0.5) is 4.39 Å². The summed E-state index contributed by atoms with van der Waals surface area (Å²) >= 11 is 0. The third kappa shape index (κ3) is 2.02. The van der Waals surface area contributed by atoms with Gasteiger partial charge in [0.05, 0.1) is 12.2 Å². The molecule has 0 bridgehead atoms. The minimum absolute atomic E-state index is 0.0208. The summed E-state index contributed by atoms with van der Waals surface area (Å²) in [5.41, 5.74) is 0.144. The van der Waals surface area contributed by atoms with Crippen LogP contribution < -0.4 is 0 Å². The minimum atomic E-state index is -0.637. The summed E-state index contributed by atoms with van der Waals surface area (Å²) in [5, 5.41) is 9.25. The molecule has 0 saturated heterocycles. The Morgan fingerprint density at radius 1 is 1.57 bits per heavy atom. The summed E-state index contributed by atoms with van der Waals surface area (Å²) in [6.07, 6.45) is 0. The van der Waals surface area contributed by atoms with Crippen LogP contribution in [0.1, 0.15) is 22.8 Å². The number of hydrogen-bond acceptors (Lipinski definition) is 3. The first-order valence-electron chi connectivity index (χ1n) is 4.22. The van der Waals surface area contributed by atoms with Crippen molar-refractivity contribution in [3.63, 3.8) is 0 Å². The van der Waals surface area contributed by atoms with E-state index in [1.165, 1.54) is 13.0 Å². The van der Waals surface area contributed by atoms with Gasteiger partial charge in [-0.05, 0) is 26.0 Å². The van der Waals surface area contributed by atoms with Crippen molar-refractivity contribution in [2.75, 3.05) is 6.61 Å². The fourth-order valence-electron chi connectivity index (χ4n) is 0.997. The van der Waals surface area contributed by atoms with Crippen LogP contribution in [0.3, 0.4) is 0 Å². The summed E-state index contributed by atoms with van der Waals surface area (Å²) in [7, 11) is 0. The van der Waals surface area contributed by atoms with Crippen LogP contribution in [0.2, 0.25) is 0 Å². The number of carbonyl (C=O) groups is 1. The third-order valence-corrected chi connectivity index (χ3v) is 1.83. The first kappa shape index (κ1) is 10.5. The van der Waals surface area contributed by atoms with E-state index in [1.807, 2.05) is 0 Å². The van der Waals surface area contributed by atoms with Crippen molar-refractivity contribution in [2.24, 2.45) is 0 Å². The van der Waals surface area contributed by atoms with E-state index in [-0.39, 0.29) is 23.5 Å². The van der Waals surface area contributed by atoms with Crippen molar-refractivity contribution in [3.8, 4) is 5.75 Å². The fraction of sp³-hybridized carbons (Fsp3) is 0.300. The summed E-state index contributed by atoms with van der Waals surface area (Å²) in [5.74, 6) is -1.50. The van der Waals surface area contributed by atoms with Gasteiger partial charge in [0.25, 0.3) is 0 Å². The summed E-state index contributed by atoms with van der Waals surface area (Å²) < 4.78 is 17.7. The molecular formula is C10H11FO3. The molecule has 0 spiro atoms. The topological polar surface area (TPSA) is 46.5 Å². The van der Waals surface area contributed by atoms with Crippen LogP contribution in [0, 0.1) is 12.7 Å². The van der Waals surface area contributed by atoms with E-state index >= 15 is 0 Å². The van der Waals surface area contributed by atoms with Crippen molar-refractivity contribution in [1.82, 2.24) is 0 Å². The molecule has 1 aromatic carbocycles. The molecule has 1 aromatic rings. The van der Waals surface area contributed by atoms with Crippen LogP contribution >= 0.6 is 0 Å². The lowest BCUT2D eigenvalue weighted by Gasteiger charge is -2.05. The maximum absolute atomic E-state index is 13.1. The van der Waals surface area contributed by atoms with E-state index < -0.39 is 11.8 Å². The van der Waals surface area contributed by atoms with E-state index in [4.69, 9.17) is 0 Å². The van der Waals surface area contributed by atoms with Gasteiger partial charge in [0.1, 0.15) is 11.6 Å². The molecule has 76 valence electrons. The van der Waals surface area contributed by atoms with Crippen LogP contribution in [-0.2, 0) is 4.74 Å². The standard InChI is InChI=1S/C10H11FO3/c1-3-14-10(13)7-4-8(11)6(2)9(12)5-7/h4-5,12H,3H2,1-2H3. The highest BCUT2D eigenvalue weighted by Gasteiger charge is 2.12. The maximum atomic E-state index is 13.1. The zero-order chi connectivity index (χ0) is 10.7. The van der Waals surface area contributed by atoms with Crippen molar-refractivity contribution in [1.29, 1.82) is 0 Å². The largest absolute Gasteiger partial charge is 0.508 e. The number of phenolic OH excluding ortho intramolecular Hbond substituents is 1. The second-order valence-electron chi connectivity index (χ2n) is 2.82. The van der Waals surface area contributed by atoms with E-state index in [0.29, 0.717) is 0 Å².